The molecule has 4 N–H and O–H groups in total. The number of hydrogen-bond acceptors (Lipinski definition) is 7. The van der Waals surface area contributed by atoms with Crippen LogP contribution in [0.25, 0.3) is 0 Å². The van der Waals surface area contributed by atoms with Gasteiger partial charge in [-0.3, -0.25) is 24.0 Å². The standard InChI is InChI=1S/C19H25N3O7/c1-4-28-15(24)10-13(19(27)29-5-2)16(17(20)25)22-18(26)12-8-6-7-9-14(12)21-11(3)23/h6-9,13,16H,4-5,10H2,1-3H3,(H2,20,25)(H,21,23)(H,22,26)/t13-,16+/m0/s1. The summed E-state index contributed by atoms with van der Waals surface area (Å²) in [6.07, 6.45) is -0.506. The number of amides is 3. The number of ether oxygens (including phenoxy) is 2. The summed E-state index contributed by atoms with van der Waals surface area (Å²) < 4.78 is 9.74. The van der Waals surface area contributed by atoms with Gasteiger partial charge in [0.15, 0.2) is 0 Å². The Bertz CT molecular complexity index is 779. The van der Waals surface area contributed by atoms with E-state index in [2.05, 4.69) is 10.6 Å². The average molecular weight is 407 g/mol. The van der Waals surface area contributed by atoms with Crippen molar-refractivity contribution in [2.24, 2.45) is 11.7 Å². The molecule has 0 saturated heterocycles. The van der Waals surface area contributed by atoms with Gasteiger partial charge in [0.05, 0.1) is 36.8 Å². The van der Waals surface area contributed by atoms with E-state index in [0.29, 0.717) is 0 Å². The lowest BCUT2D eigenvalue weighted by Crippen LogP contribution is -2.52. The number of carbonyl (C=O) groups is 5. The van der Waals surface area contributed by atoms with Gasteiger partial charge in [0.25, 0.3) is 5.91 Å². The van der Waals surface area contributed by atoms with Gasteiger partial charge in [0.1, 0.15) is 6.04 Å². The first kappa shape index (κ1) is 23.6. The minimum absolute atomic E-state index is 0.00293. The molecule has 1 aromatic rings. The van der Waals surface area contributed by atoms with E-state index < -0.39 is 48.0 Å². The van der Waals surface area contributed by atoms with E-state index in [1.807, 2.05) is 0 Å². The van der Waals surface area contributed by atoms with Gasteiger partial charge in [0.2, 0.25) is 11.8 Å². The largest absolute Gasteiger partial charge is 0.466 e. The summed E-state index contributed by atoms with van der Waals surface area (Å²) >= 11 is 0. The number of esters is 2. The molecule has 0 aliphatic carbocycles. The van der Waals surface area contributed by atoms with Crippen LogP contribution in [0.5, 0.6) is 0 Å². The normalized spacial score (nSPS) is 12.2. The molecule has 0 bridgehead atoms. The molecule has 0 heterocycles. The number of carbonyl (C=O) groups excluding carboxylic acids is 5. The minimum Gasteiger partial charge on any atom is -0.466 e. The highest BCUT2D eigenvalue weighted by Crippen LogP contribution is 2.18. The molecule has 0 radical (unpaired) electrons. The molecule has 10 heteroatoms. The van der Waals surface area contributed by atoms with Crippen molar-refractivity contribution in [3.8, 4) is 0 Å². The zero-order valence-corrected chi connectivity index (χ0v) is 16.5. The van der Waals surface area contributed by atoms with Gasteiger partial charge < -0.3 is 25.8 Å². The number of para-hydroxylation sites is 1. The van der Waals surface area contributed by atoms with Crippen LogP contribution in [0.15, 0.2) is 24.3 Å². The van der Waals surface area contributed by atoms with Gasteiger partial charge in [0, 0.05) is 6.92 Å². The summed E-state index contributed by atoms with van der Waals surface area (Å²) in [5, 5.41) is 4.86. The van der Waals surface area contributed by atoms with Crippen molar-refractivity contribution < 1.29 is 33.4 Å². The van der Waals surface area contributed by atoms with Gasteiger partial charge in [-0.1, -0.05) is 12.1 Å². The fourth-order valence-corrected chi connectivity index (χ4v) is 2.55. The topological polar surface area (TPSA) is 154 Å². The Balaban J connectivity index is 3.17. The molecule has 0 unspecified atom stereocenters. The summed E-state index contributed by atoms with van der Waals surface area (Å²) in [6, 6.07) is 4.55. The third-order valence-corrected chi connectivity index (χ3v) is 3.76. The van der Waals surface area contributed by atoms with Crippen LogP contribution in [-0.2, 0) is 28.7 Å². The summed E-state index contributed by atoms with van der Waals surface area (Å²) in [5.41, 5.74) is 5.64. The quantitative estimate of drug-likeness (QED) is 0.473. The van der Waals surface area contributed by atoms with E-state index in [-0.39, 0.29) is 24.5 Å². The number of benzene rings is 1. The number of nitrogens with two attached hydrogens (primary N) is 1. The first-order chi connectivity index (χ1) is 13.7. The molecular formula is C19H25N3O7. The fourth-order valence-electron chi connectivity index (χ4n) is 2.55. The summed E-state index contributed by atoms with van der Waals surface area (Å²) in [7, 11) is 0. The highest BCUT2D eigenvalue weighted by Gasteiger charge is 2.37. The van der Waals surface area contributed by atoms with Crippen LogP contribution in [0.3, 0.4) is 0 Å². The maximum atomic E-state index is 12.7. The third-order valence-electron chi connectivity index (χ3n) is 3.76. The highest BCUT2D eigenvalue weighted by molar-refractivity contribution is 6.05. The van der Waals surface area contributed by atoms with Crippen molar-refractivity contribution in [2.75, 3.05) is 18.5 Å². The Hall–Kier alpha value is -3.43. The molecule has 29 heavy (non-hydrogen) atoms. The Morgan fingerprint density at radius 3 is 2.21 bits per heavy atom. The Kier molecular flexibility index (Phi) is 9.30. The van der Waals surface area contributed by atoms with Crippen LogP contribution in [0.4, 0.5) is 5.69 Å². The number of anilines is 1. The summed E-state index contributed by atoms with van der Waals surface area (Å²) in [4.78, 5) is 60.2. The Morgan fingerprint density at radius 1 is 1.03 bits per heavy atom. The van der Waals surface area contributed by atoms with Crippen molar-refractivity contribution in [1.82, 2.24) is 5.32 Å². The van der Waals surface area contributed by atoms with Gasteiger partial charge in [-0.15, -0.1) is 0 Å². The van der Waals surface area contributed by atoms with E-state index in [0.717, 1.165) is 0 Å². The number of rotatable bonds is 10. The fraction of sp³-hybridized carbons (Fsp3) is 0.421. The zero-order valence-electron chi connectivity index (χ0n) is 16.5. The van der Waals surface area contributed by atoms with Crippen LogP contribution in [0, 0.1) is 5.92 Å². The number of primary amides is 1. The van der Waals surface area contributed by atoms with E-state index in [1.54, 1.807) is 26.0 Å². The SMILES string of the molecule is CCOC(=O)C[C@H](C(=O)OCC)[C@@H](NC(=O)c1ccccc1NC(C)=O)C(N)=O. The lowest BCUT2D eigenvalue weighted by atomic mass is 9.94. The molecule has 10 nitrogen and oxygen atoms in total. The molecule has 0 fully saturated rings. The smallest absolute Gasteiger partial charge is 0.312 e. The zero-order chi connectivity index (χ0) is 22.0. The minimum atomic E-state index is -1.53. The van der Waals surface area contributed by atoms with Crippen molar-refractivity contribution in [3.63, 3.8) is 0 Å². The molecule has 0 saturated carbocycles. The van der Waals surface area contributed by atoms with Crippen LogP contribution in [0.1, 0.15) is 37.6 Å². The van der Waals surface area contributed by atoms with Crippen LogP contribution in [0.2, 0.25) is 0 Å². The molecule has 0 aliphatic heterocycles. The molecular weight excluding hydrogens is 382 g/mol. The monoisotopic (exact) mass is 407 g/mol. The lowest BCUT2D eigenvalue weighted by molar-refractivity contribution is -0.156. The van der Waals surface area contributed by atoms with E-state index in [4.69, 9.17) is 15.2 Å². The highest BCUT2D eigenvalue weighted by atomic mass is 16.5. The maximum Gasteiger partial charge on any atom is 0.312 e. The van der Waals surface area contributed by atoms with Crippen molar-refractivity contribution in [3.05, 3.63) is 29.8 Å². The predicted octanol–water partition coefficient (Wildman–Crippen LogP) is 0.361. The lowest BCUT2D eigenvalue weighted by Gasteiger charge is -2.24. The second kappa shape index (κ2) is 11.4. The third kappa shape index (κ3) is 7.24. The van der Waals surface area contributed by atoms with Crippen LogP contribution >= 0.6 is 0 Å². The van der Waals surface area contributed by atoms with E-state index >= 15 is 0 Å². The Labute approximate surface area is 168 Å². The number of hydrogen-bond donors (Lipinski definition) is 3. The molecule has 2 atom stereocenters. The second-order valence-electron chi connectivity index (χ2n) is 5.95. The first-order valence-electron chi connectivity index (χ1n) is 9.00. The van der Waals surface area contributed by atoms with Crippen molar-refractivity contribution in [2.45, 2.75) is 33.2 Å². The van der Waals surface area contributed by atoms with E-state index in [9.17, 15) is 24.0 Å². The molecule has 158 valence electrons. The molecule has 0 aromatic heterocycles. The van der Waals surface area contributed by atoms with Gasteiger partial charge in [-0.25, -0.2) is 0 Å². The number of nitrogens with one attached hydrogen (secondary N) is 2. The molecule has 0 aliphatic rings. The molecule has 1 aromatic carbocycles. The van der Waals surface area contributed by atoms with Gasteiger partial charge in [-0.05, 0) is 26.0 Å². The first-order valence-corrected chi connectivity index (χ1v) is 9.00. The molecule has 0 spiro atoms. The van der Waals surface area contributed by atoms with Crippen LogP contribution < -0.4 is 16.4 Å². The van der Waals surface area contributed by atoms with Crippen molar-refractivity contribution in [1.29, 1.82) is 0 Å². The molecule has 1 rings (SSSR count). The summed E-state index contributed by atoms with van der Waals surface area (Å²) in [6.45, 7) is 4.50. The van der Waals surface area contributed by atoms with Gasteiger partial charge in [-0.2, -0.15) is 0 Å². The predicted molar refractivity (Wildman–Crippen MR) is 103 cm³/mol. The average Bonchev–Trinajstić information content (AvgIpc) is 2.64. The van der Waals surface area contributed by atoms with E-state index in [1.165, 1.54) is 19.1 Å². The Morgan fingerprint density at radius 2 is 1.66 bits per heavy atom. The molecule has 3 amide bonds. The van der Waals surface area contributed by atoms with Gasteiger partial charge >= 0.3 is 11.9 Å². The van der Waals surface area contributed by atoms with Crippen LogP contribution in [-0.4, -0.2) is 48.9 Å². The summed E-state index contributed by atoms with van der Waals surface area (Å²) in [5.74, 6) is -5.19. The maximum absolute atomic E-state index is 12.7. The van der Waals surface area contributed by atoms with Crippen molar-refractivity contribution >= 4 is 35.3 Å². The second-order valence-corrected chi connectivity index (χ2v) is 5.95.